The first-order chi connectivity index (χ1) is 8.87. The van der Waals surface area contributed by atoms with E-state index in [9.17, 15) is 13.6 Å². The van der Waals surface area contributed by atoms with Gasteiger partial charge in [0.15, 0.2) is 0 Å². The lowest BCUT2D eigenvalue weighted by atomic mass is 10.1. The molecule has 0 atom stereocenters. The van der Waals surface area contributed by atoms with Crippen LogP contribution < -0.4 is 5.32 Å². The number of amides is 2. The Morgan fingerprint density at radius 1 is 1.47 bits per heavy atom. The molecule has 19 heavy (non-hydrogen) atoms. The zero-order chi connectivity index (χ0) is 14.0. The van der Waals surface area contributed by atoms with Crippen LogP contribution in [0.3, 0.4) is 0 Å². The Bertz CT molecular complexity index is 499. The van der Waals surface area contributed by atoms with Crippen LogP contribution >= 0.6 is 27.5 Å². The second-order valence-electron chi connectivity index (χ2n) is 4.44. The molecule has 0 aliphatic carbocycles. The number of hydrogen-bond donors (Lipinski definition) is 1. The summed E-state index contributed by atoms with van der Waals surface area (Å²) in [6.45, 7) is -0.220. The maximum Gasteiger partial charge on any atom is 0.322 e. The van der Waals surface area contributed by atoms with Crippen LogP contribution in [0.15, 0.2) is 22.7 Å². The lowest BCUT2D eigenvalue weighted by Gasteiger charge is -2.32. The van der Waals surface area contributed by atoms with E-state index in [-0.39, 0.29) is 6.42 Å². The summed E-state index contributed by atoms with van der Waals surface area (Å²) in [5.74, 6) is -2.81. The smallest absolute Gasteiger partial charge is 0.318 e. The number of halogens is 4. The van der Waals surface area contributed by atoms with Gasteiger partial charge in [0, 0.05) is 17.4 Å². The zero-order valence-electron chi connectivity index (χ0n) is 9.93. The normalized spacial score (nSPS) is 18.2. The van der Waals surface area contributed by atoms with Gasteiger partial charge in [0.25, 0.3) is 5.92 Å². The van der Waals surface area contributed by atoms with Crippen molar-refractivity contribution in [2.45, 2.75) is 18.8 Å². The largest absolute Gasteiger partial charge is 0.322 e. The average Bonchev–Trinajstić information content (AvgIpc) is 2.31. The molecule has 1 aromatic rings. The highest BCUT2D eigenvalue weighted by Crippen LogP contribution is 2.29. The SMILES string of the molecule is O=C(Nc1ccc(Br)cc1Cl)N1CCCC(F)(F)C1. The number of hydrogen-bond acceptors (Lipinski definition) is 1. The fourth-order valence-electron chi connectivity index (χ4n) is 1.92. The Morgan fingerprint density at radius 3 is 2.84 bits per heavy atom. The van der Waals surface area contributed by atoms with Crippen molar-refractivity contribution in [3.8, 4) is 0 Å². The Morgan fingerprint density at radius 2 is 2.21 bits per heavy atom. The van der Waals surface area contributed by atoms with Crippen molar-refractivity contribution in [3.05, 3.63) is 27.7 Å². The van der Waals surface area contributed by atoms with Crippen LogP contribution in [0.1, 0.15) is 12.8 Å². The highest BCUT2D eigenvalue weighted by atomic mass is 79.9. The fraction of sp³-hybridized carbons (Fsp3) is 0.417. The van der Waals surface area contributed by atoms with E-state index in [2.05, 4.69) is 21.2 Å². The van der Waals surface area contributed by atoms with Gasteiger partial charge in [-0.15, -0.1) is 0 Å². The number of likely N-dealkylation sites (tertiary alicyclic amines) is 1. The van der Waals surface area contributed by atoms with Gasteiger partial charge in [-0.1, -0.05) is 27.5 Å². The van der Waals surface area contributed by atoms with Gasteiger partial charge < -0.3 is 10.2 Å². The molecule has 1 N–H and O–H groups in total. The van der Waals surface area contributed by atoms with Crippen molar-refractivity contribution < 1.29 is 13.6 Å². The summed E-state index contributed by atoms with van der Waals surface area (Å²) in [4.78, 5) is 13.0. The van der Waals surface area contributed by atoms with E-state index in [4.69, 9.17) is 11.6 Å². The minimum absolute atomic E-state index is 0.171. The molecule has 1 aromatic carbocycles. The first kappa shape index (κ1) is 14.5. The second kappa shape index (κ2) is 5.63. The highest BCUT2D eigenvalue weighted by Gasteiger charge is 2.37. The van der Waals surface area contributed by atoms with Gasteiger partial charge in [0.05, 0.1) is 17.3 Å². The Kier molecular flexibility index (Phi) is 4.30. The minimum atomic E-state index is -2.81. The number of carbonyl (C=O) groups is 1. The first-order valence-electron chi connectivity index (χ1n) is 5.76. The molecule has 0 radical (unpaired) electrons. The molecular weight excluding hydrogens is 341 g/mol. The second-order valence-corrected chi connectivity index (χ2v) is 5.76. The van der Waals surface area contributed by atoms with Crippen molar-refractivity contribution in [3.63, 3.8) is 0 Å². The van der Waals surface area contributed by atoms with Gasteiger partial charge in [-0.2, -0.15) is 0 Å². The lowest BCUT2D eigenvalue weighted by Crippen LogP contribution is -2.47. The number of nitrogens with zero attached hydrogens (tertiary/aromatic N) is 1. The van der Waals surface area contributed by atoms with Crippen LogP contribution in [0.5, 0.6) is 0 Å². The average molecular weight is 354 g/mol. The highest BCUT2D eigenvalue weighted by molar-refractivity contribution is 9.10. The molecule has 1 heterocycles. The molecule has 1 aliphatic rings. The molecule has 0 bridgehead atoms. The third kappa shape index (κ3) is 3.79. The van der Waals surface area contributed by atoms with E-state index in [1.165, 1.54) is 0 Å². The number of rotatable bonds is 1. The molecule has 2 amide bonds. The summed E-state index contributed by atoms with van der Waals surface area (Å²) in [6, 6.07) is 4.41. The predicted molar refractivity (Wildman–Crippen MR) is 73.9 cm³/mol. The van der Waals surface area contributed by atoms with E-state index in [1.54, 1.807) is 18.2 Å². The van der Waals surface area contributed by atoms with Gasteiger partial charge in [-0.05, 0) is 24.6 Å². The van der Waals surface area contributed by atoms with Crippen LogP contribution in [0.4, 0.5) is 19.3 Å². The molecule has 7 heteroatoms. The zero-order valence-corrected chi connectivity index (χ0v) is 12.3. The summed E-state index contributed by atoms with van der Waals surface area (Å²) in [7, 11) is 0. The van der Waals surface area contributed by atoms with Crippen LogP contribution in [0.2, 0.25) is 5.02 Å². The number of urea groups is 1. The molecule has 0 unspecified atom stereocenters. The van der Waals surface area contributed by atoms with Crippen molar-refractivity contribution in [2.75, 3.05) is 18.4 Å². The standard InChI is InChI=1S/C12H12BrClF2N2O/c13-8-2-3-10(9(14)6-8)17-11(19)18-5-1-4-12(15,16)7-18/h2-3,6H,1,4-5,7H2,(H,17,19). The Labute approximate surface area is 123 Å². The van der Waals surface area contributed by atoms with Crippen molar-refractivity contribution in [2.24, 2.45) is 0 Å². The third-order valence-electron chi connectivity index (χ3n) is 2.85. The molecular formula is C12H12BrClF2N2O. The van der Waals surface area contributed by atoms with Crippen molar-refractivity contribution >= 4 is 39.2 Å². The van der Waals surface area contributed by atoms with Gasteiger partial charge in [0.1, 0.15) is 0 Å². The summed E-state index contributed by atoms with van der Waals surface area (Å²) < 4.78 is 27.2. The summed E-state index contributed by atoms with van der Waals surface area (Å²) in [5, 5.41) is 2.90. The molecule has 3 nitrogen and oxygen atoms in total. The minimum Gasteiger partial charge on any atom is -0.318 e. The summed E-state index contributed by atoms with van der Waals surface area (Å²) in [6.07, 6.45) is 0.129. The molecule has 104 valence electrons. The topological polar surface area (TPSA) is 32.3 Å². The maximum absolute atomic E-state index is 13.2. The van der Waals surface area contributed by atoms with E-state index in [0.29, 0.717) is 23.7 Å². The number of anilines is 1. The van der Waals surface area contributed by atoms with Crippen molar-refractivity contribution in [1.82, 2.24) is 4.90 Å². The van der Waals surface area contributed by atoms with Crippen LogP contribution in [0.25, 0.3) is 0 Å². The molecule has 1 aliphatic heterocycles. The molecule has 1 fully saturated rings. The lowest BCUT2D eigenvalue weighted by molar-refractivity contribution is -0.0510. The fourth-order valence-corrected chi connectivity index (χ4v) is 2.65. The molecule has 0 spiro atoms. The summed E-state index contributed by atoms with van der Waals surface area (Å²) >= 11 is 9.20. The van der Waals surface area contributed by atoms with E-state index in [0.717, 1.165) is 9.37 Å². The van der Waals surface area contributed by atoms with Gasteiger partial charge >= 0.3 is 6.03 Å². The number of nitrogens with one attached hydrogen (secondary N) is 1. The quantitative estimate of drug-likeness (QED) is 0.799. The maximum atomic E-state index is 13.2. The number of piperidine rings is 1. The third-order valence-corrected chi connectivity index (χ3v) is 3.66. The first-order valence-corrected chi connectivity index (χ1v) is 6.93. The molecule has 2 rings (SSSR count). The summed E-state index contributed by atoms with van der Waals surface area (Å²) in [5.41, 5.74) is 0.406. The van der Waals surface area contributed by atoms with Crippen LogP contribution in [0, 0.1) is 0 Å². The Balaban J connectivity index is 2.04. The van der Waals surface area contributed by atoms with E-state index >= 15 is 0 Å². The van der Waals surface area contributed by atoms with Gasteiger partial charge in [-0.25, -0.2) is 13.6 Å². The number of carbonyl (C=O) groups excluding carboxylic acids is 1. The number of alkyl halides is 2. The number of benzene rings is 1. The predicted octanol–water partition coefficient (Wildman–Crippen LogP) is 4.37. The van der Waals surface area contributed by atoms with Crippen molar-refractivity contribution in [1.29, 1.82) is 0 Å². The van der Waals surface area contributed by atoms with Crippen LogP contribution in [-0.2, 0) is 0 Å². The molecule has 0 aromatic heterocycles. The van der Waals surface area contributed by atoms with E-state index in [1.807, 2.05) is 0 Å². The Hall–Kier alpha value is -0.880. The monoisotopic (exact) mass is 352 g/mol. The van der Waals surface area contributed by atoms with Crippen LogP contribution in [-0.4, -0.2) is 29.9 Å². The van der Waals surface area contributed by atoms with E-state index < -0.39 is 18.5 Å². The molecule has 1 saturated heterocycles. The van der Waals surface area contributed by atoms with Gasteiger partial charge in [-0.3, -0.25) is 0 Å². The van der Waals surface area contributed by atoms with Gasteiger partial charge in [0.2, 0.25) is 0 Å². The molecule has 0 saturated carbocycles.